The van der Waals surface area contributed by atoms with Gasteiger partial charge in [0.05, 0.1) is 5.52 Å². The van der Waals surface area contributed by atoms with Crippen LogP contribution in [0.3, 0.4) is 0 Å². The molecular formula is C28H24N2. The minimum atomic E-state index is 1.04. The molecule has 5 aromatic rings. The van der Waals surface area contributed by atoms with Crippen LogP contribution in [-0.4, -0.2) is 18.7 Å². The van der Waals surface area contributed by atoms with Crippen LogP contribution < -0.4 is 4.90 Å². The van der Waals surface area contributed by atoms with E-state index >= 15 is 0 Å². The average Bonchev–Trinajstić information content (AvgIpc) is 3.28. The molecule has 0 unspecified atom stereocenters. The van der Waals surface area contributed by atoms with Gasteiger partial charge in [-0.3, -0.25) is 0 Å². The number of fused-ring (bicyclic) bond motifs is 6. The smallest absolute Gasteiger partial charge is 0.0509 e. The largest absolute Gasteiger partial charge is 0.378 e. The summed E-state index contributed by atoms with van der Waals surface area (Å²) in [5.74, 6) is 0. The van der Waals surface area contributed by atoms with Gasteiger partial charge in [-0.25, -0.2) is 0 Å². The van der Waals surface area contributed by atoms with Gasteiger partial charge in [0.1, 0.15) is 0 Å². The average molecular weight is 389 g/mol. The summed E-state index contributed by atoms with van der Waals surface area (Å²) >= 11 is 0. The predicted molar refractivity (Wildman–Crippen MR) is 128 cm³/mol. The van der Waals surface area contributed by atoms with Gasteiger partial charge in [0.15, 0.2) is 0 Å². The van der Waals surface area contributed by atoms with Crippen LogP contribution in [0.25, 0.3) is 44.1 Å². The maximum Gasteiger partial charge on any atom is 0.0509 e. The fourth-order valence-electron chi connectivity index (χ4n) is 4.96. The molecule has 0 amide bonds. The van der Waals surface area contributed by atoms with E-state index in [4.69, 9.17) is 0 Å². The van der Waals surface area contributed by atoms with E-state index in [9.17, 15) is 0 Å². The molecule has 0 saturated heterocycles. The predicted octanol–water partition coefficient (Wildman–Crippen LogP) is 6.64. The number of hydrogen-bond acceptors (Lipinski definition) is 1. The Morgan fingerprint density at radius 2 is 1.43 bits per heavy atom. The van der Waals surface area contributed by atoms with E-state index in [1.165, 1.54) is 60.9 Å². The van der Waals surface area contributed by atoms with E-state index in [0.29, 0.717) is 0 Å². The lowest BCUT2D eigenvalue weighted by Crippen LogP contribution is -2.08. The lowest BCUT2D eigenvalue weighted by molar-refractivity contribution is 1.01. The van der Waals surface area contributed by atoms with Crippen molar-refractivity contribution in [1.82, 2.24) is 4.57 Å². The summed E-state index contributed by atoms with van der Waals surface area (Å²) in [5, 5.41) is 2.63. The lowest BCUT2D eigenvalue weighted by atomic mass is 9.97. The van der Waals surface area contributed by atoms with Crippen LogP contribution in [0, 0.1) is 0 Å². The monoisotopic (exact) mass is 388 g/mol. The maximum atomic E-state index is 2.37. The van der Waals surface area contributed by atoms with Gasteiger partial charge in [0, 0.05) is 43.1 Å². The second kappa shape index (κ2) is 6.24. The molecule has 1 aliphatic rings. The molecule has 4 aromatic carbocycles. The molecule has 0 N–H and O–H groups in total. The summed E-state index contributed by atoms with van der Waals surface area (Å²) in [6.07, 6.45) is 1.04. The summed E-state index contributed by atoms with van der Waals surface area (Å²) in [6, 6.07) is 29.4. The highest BCUT2D eigenvalue weighted by atomic mass is 15.1. The second-order valence-corrected chi connectivity index (χ2v) is 8.59. The van der Waals surface area contributed by atoms with Crippen molar-refractivity contribution in [3.05, 3.63) is 90.0 Å². The Labute approximate surface area is 177 Å². The number of hydrogen-bond donors (Lipinski definition) is 0. The van der Waals surface area contributed by atoms with Gasteiger partial charge < -0.3 is 9.47 Å². The normalized spacial score (nSPS) is 12.4. The zero-order chi connectivity index (χ0) is 20.4. The Morgan fingerprint density at radius 1 is 0.667 bits per heavy atom. The molecule has 30 heavy (non-hydrogen) atoms. The molecule has 0 spiro atoms. The standard InChI is InChI=1S/C28H24N2/c1-29(2)22-11-12-24-26-16-19(10-13-27(26)30(3)28(24)17-22)18-8-9-21-14-20-6-4-5-7-23(20)25(21)15-18/h4-13,15-17H,14H2,1-3H3. The number of rotatable bonds is 2. The van der Waals surface area contributed by atoms with Crippen LogP contribution in [-0.2, 0) is 13.5 Å². The van der Waals surface area contributed by atoms with Crippen molar-refractivity contribution in [3.8, 4) is 22.3 Å². The maximum absolute atomic E-state index is 2.37. The van der Waals surface area contributed by atoms with E-state index in [0.717, 1.165) is 6.42 Å². The van der Waals surface area contributed by atoms with E-state index in [1.54, 1.807) is 0 Å². The third-order valence-corrected chi connectivity index (χ3v) is 6.64. The van der Waals surface area contributed by atoms with Gasteiger partial charge in [-0.05, 0) is 70.1 Å². The first kappa shape index (κ1) is 17.3. The fourth-order valence-corrected chi connectivity index (χ4v) is 4.96. The molecule has 0 saturated carbocycles. The number of benzene rings is 4. The molecule has 0 aliphatic heterocycles. The molecule has 1 heterocycles. The molecule has 0 bridgehead atoms. The molecule has 2 nitrogen and oxygen atoms in total. The highest BCUT2D eigenvalue weighted by molar-refractivity contribution is 6.10. The van der Waals surface area contributed by atoms with Gasteiger partial charge in [-0.15, -0.1) is 0 Å². The van der Waals surface area contributed by atoms with Crippen LogP contribution in [0.4, 0.5) is 5.69 Å². The van der Waals surface area contributed by atoms with Crippen LogP contribution in [0.2, 0.25) is 0 Å². The number of nitrogens with zero attached hydrogens (tertiary/aromatic N) is 2. The van der Waals surface area contributed by atoms with Crippen molar-refractivity contribution >= 4 is 27.5 Å². The Bertz CT molecular complexity index is 1450. The van der Waals surface area contributed by atoms with E-state index < -0.39 is 0 Å². The highest BCUT2D eigenvalue weighted by Gasteiger charge is 2.18. The molecule has 0 fully saturated rings. The summed E-state index contributed by atoms with van der Waals surface area (Å²) in [5.41, 5.74) is 12.0. The Balaban J connectivity index is 1.52. The van der Waals surface area contributed by atoms with Crippen LogP contribution in [0.15, 0.2) is 78.9 Å². The molecule has 2 heteroatoms. The van der Waals surface area contributed by atoms with Gasteiger partial charge in [-0.2, -0.15) is 0 Å². The van der Waals surface area contributed by atoms with Crippen molar-refractivity contribution in [2.45, 2.75) is 6.42 Å². The molecule has 6 rings (SSSR count). The number of aryl methyl sites for hydroxylation is 1. The number of aromatic nitrogens is 1. The molecule has 0 atom stereocenters. The molecule has 0 radical (unpaired) electrons. The van der Waals surface area contributed by atoms with Crippen molar-refractivity contribution < 1.29 is 0 Å². The minimum Gasteiger partial charge on any atom is -0.378 e. The first-order valence-electron chi connectivity index (χ1n) is 10.5. The topological polar surface area (TPSA) is 8.17 Å². The zero-order valence-corrected chi connectivity index (χ0v) is 17.6. The summed E-state index contributed by atoms with van der Waals surface area (Å²) in [6.45, 7) is 0. The molecule has 1 aliphatic carbocycles. The van der Waals surface area contributed by atoms with Crippen molar-refractivity contribution in [1.29, 1.82) is 0 Å². The van der Waals surface area contributed by atoms with Crippen molar-refractivity contribution in [2.75, 3.05) is 19.0 Å². The van der Waals surface area contributed by atoms with Crippen molar-refractivity contribution in [2.24, 2.45) is 7.05 Å². The lowest BCUT2D eigenvalue weighted by Gasteiger charge is -2.12. The quantitative estimate of drug-likeness (QED) is 0.323. The van der Waals surface area contributed by atoms with Crippen LogP contribution in [0.5, 0.6) is 0 Å². The molecule has 146 valence electrons. The Hall–Kier alpha value is -3.52. The third-order valence-electron chi connectivity index (χ3n) is 6.64. The minimum absolute atomic E-state index is 1.04. The second-order valence-electron chi connectivity index (χ2n) is 8.59. The van der Waals surface area contributed by atoms with Gasteiger partial charge in [-0.1, -0.05) is 48.5 Å². The first-order chi connectivity index (χ1) is 14.6. The molecule has 1 aromatic heterocycles. The van der Waals surface area contributed by atoms with Gasteiger partial charge in [0.25, 0.3) is 0 Å². The SMILES string of the molecule is CN(C)c1ccc2c3cc(-c4ccc5c(c4)-c4ccccc4C5)ccc3n(C)c2c1. The van der Waals surface area contributed by atoms with Gasteiger partial charge >= 0.3 is 0 Å². The summed E-state index contributed by atoms with van der Waals surface area (Å²) < 4.78 is 2.31. The summed E-state index contributed by atoms with van der Waals surface area (Å²) in [4.78, 5) is 2.16. The van der Waals surface area contributed by atoms with E-state index in [1.807, 2.05) is 0 Å². The highest BCUT2D eigenvalue weighted by Crippen LogP contribution is 2.40. The number of anilines is 1. The van der Waals surface area contributed by atoms with Gasteiger partial charge in [0.2, 0.25) is 0 Å². The first-order valence-corrected chi connectivity index (χ1v) is 10.5. The summed E-state index contributed by atoms with van der Waals surface area (Å²) in [7, 11) is 6.35. The zero-order valence-electron chi connectivity index (χ0n) is 17.6. The third kappa shape index (κ3) is 2.43. The Kier molecular flexibility index (Phi) is 3.61. The molecular weight excluding hydrogens is 364 g/mol. The van der Waals surface area contributed by atoms with Crippen molar-refractivity contribution in [3.63, 3.8) is 0 Å². The van der Waals surface area contributed by atoms with E-state index in [-0.39, 0.29) is 0 Å². The van der Waals surface area contributed by atoms with Crippen LogP contribution in [0.1, 0.15) is 11.1 Å². The van der Waals surface area contributed by atoms with E-state index in [2.05, 4.69) is 109 Å². The Morgan fingerprint density at radius 3 is 2.30 bits per heavy atom. The fraction of sp³-hybridized carbons (Fsp3) is 0.143. The van der Waals surface area contributed by atoms with Crippen LogP contribution >= 0.6 is 0 Å².